The summed E-state index contributed by atoms with van der Waals surface area (Å²) >= 11 is 1.25. The molecular weight excluding hydrogens is 388 g/mol. The van der Waals surface area contributed by atoms with Crippen molar-refractivity contribution in [3.63, 3.8) is 0 Å². The van der Waals surface area contributed by atoms with E-state index in [1.54, 1.807) is 29.6 Å². The number of thiazole rings is 1. The zero-order chi connectivity index (χ0) is 21.0. The van der Waals surface area contributed by atoms with Crippen molar-refractivity contribution in [2.45, 2.75) is 27.4 Å². The fourth-order valence-corrected chi connectivity index (χ4v) is 3.52. The van der Waals surface area contributed by atoms with Gasteiger partial charge in [0, 0.05) is 23.4 Å². The second-order valence-corrected chi connectivity index (χ2v) is 7.45. The zero-order valence-corrected chi connectivity index (χ0v) is 17.1. The van der Waals surface area contributed by atoms with Gasteiger partial charge >= 0.3 is 5.97 Å². The average Bonchev–Trinajstić information content (AvgIpc) is 3.14. The number of hydrogen-bond donors (Lipinski definition) is 1. The molecule has 6 nitrogen and oxygen atoms in total. The Morgan fingerprint density at radius 1 is 1.03 bits per heavy atom. The standard InChI is InChI=1S/C22H20N2O4S/c1-13-8-9-14(2)19(10-13)20(26)17-6-4-5-7-18(17)21(27)28-11-16-12-29-22(24-16)23-15(3)25/h4-10,12H,11H2,1-3H3,(H,23,24,25). The number of carbonyl (C=O) groups excluding carboxylic acids is 3. The second-order valence-electron chi connectivity index (χ2n) is 6.59. The fraction of sp³-hybridized carbons (Fsp3) is 0.182. The van der Waals surface area contributed by atoms with Gasteiger partial charge in [0.2, 0.25) is 5.91 Å². The van der Waals surface area contributed by atoms with E-state index in [-0.39, 0.29) is 23.9 Å². The largest absolute Gasteiger partial charge is 0.456 e. The van der Waals surface area contributed by atoms with Gasteiger partial charge in [0.25, 0.3) is 0 Å². The first kappa shape index (κ1) is 20.4. The molecule has 1 aromatic heterocycles. The zero-order valence-electron chi connectivity index (χ0n) is 16.3. The van der Waals surface area contributed by atoms with Crippen molar-refractivity contribution in [2.75, 3.05) is 5.32 Å². The number of aromatic nitrogens is 1. The van der Waals surface area contributed by atoms with Crippen LogP contribution in [0.1, 0.15) is 50.0 Å². The molecular formula is C22H20N2O4S. The molecule has 0 aliphatic rings. The van der Waals surface area contributed by atoms with Crippen LogP contribution in [-0.4, -0.2) is 22.6 Å². The smallest absolute Gasteiger partial charge is 0.339 e. The predicted molar refractivity (Wildman–Crippen MR) is 111 cm³/mol. The molecule has 0 bridgehead atoms. The number of anilines is 1. The fourth-order valence-electron chi connectivity index (χ4n) is 2.78. The normalized spacial score (nSPS) is 10.4. The van der Waals surface area contributed by atoms with E-state index in [4.69, 9.17) is 4.74 Å². The monoisotopic (exact) mass is 408 g/mol. The van der Waals surface area contributed by atoms with Crippen LogP contribution < -0.4 is 5.32 Å². The van der Waals surface area contributed by atoms with Crippen molar-refractivity contribution < 1.29 is 19.1 Å². The van der Waals surface area contributed by atoms with Gasteiger partial charge in [0.1, 0.15) is 6.61 Å². The lowest BCUT2D eigenvalue weighted by atomic mass is 9.94. The van der Waals surface area contributed by atoms with Crippen molar-refractivity contribution in [1.29, 1.82) is 0 Å². The molecule has 0 spiro atoms. The molecule has 0 radical (unpaired) electrons. The number of aryl methyl sites for hydroxylation is 2. The van der Waals surface area contributed by atoms with Gasteiger partial charge in [0.15, 0.2) is 10.9 Å². The maximum atomic E-state index is 13.1. The maximum absolute atomic E-state index is 13.1. The summed E-state index contributed by atoms with van der Waals surface area (Å²) in [5.41, 5.74) is 3.39. The van der Waals surface area contributed by atoms with E-state index in [0.717, 1.165) is 11.1 Å². The molecule has 1 heterocycles. The number of esters is 1. The number of hydrogen-bond acceptors (Lipinski definition) is 6. The number of ketones is 1. The number of rotatable bonds is 6. The first-order valence-corrected chi connectivity index (χ1v) is 9.83. The number of nitrogens with zero attached hydrogens (tertiary/aromatic N) is 1. The van der Waals surface area contributed by atoms with E-state index >= 15 is 0 Å². The van der Waals surface area contributed by atoms with Gasteiger partial charge in [-0.3, -0.25) is 9.59 Å². The van der Waals surface area contributed by atoms with Crippen molar-refractivity contribution in [2.24, 2.45) is 0 Å². The Morgan fingerprint density at radius 2 is 1.76 bits per heavy atom. The molecule has 0 saturated carbocycles. The lowest BCUT2D eigenvalue weighted by Crippen LogP contribution is -2.13. The molecule has 29 heavy (non-hydrogen) atoms. The summed E-state index contributed by atoms with van der Waals surface area (Å²) in [7, 11) is 0. The number of carbonyl (C=O) groups is 3. The molecule has 0 aliphatic heterocycles. The van der Waals surface area contributed by atoms with E-state index in [9.17, 15) is 14.4 Å². The number of benzene rings is 2. The van der Waals surface area contributed by atoms with E-state index in [2.05, 4.69) is 10.3 Å². The summed E-state index contributed by atoms with van der Waals surface area (Å²) in [4.78, 5) is 41.0. The Bertz CT molecular complexity index is 1090. The molecule has 1 amide bonds. The van der Waals surface area contributed by atoms with Gasteiger partial charge in [-0.05, 0) is 31.5 Å². The third-order valence-electron chi connectivity index (χ3n) is 4.22. The first-order chi connectivity index (χ1) is 13.8. The summed E-state index contributed by atoms with van der Waals surface area (Å²) in [5, 5.41) is 4.72. The van der Waals surface area contributed by atoms with Crippen LogP contribution >= 0.6 is 11.3 Å². The average molecular weight is 408 g/mol. The van der Waals surface area contributed by atoms with Crippen LogP contribution in [-0.2, 0) is 16.1 Å². The van der Waals surface area contributed by atoms with Gasteiger partial charge in [-0.1, -0.05) is 35.9 Å². The Kier molecular flexibility index (Phi) is 6.19. The molecule has 0 aliphatic carbocycles. The summed E-state index contributed by atoms with van der Waals surface area (Å²) in [6, 6.07) is 12.2. The summed E-state index contributed by atoms with van der Waals surface area (Å²) in [6.45, 7) is 5.12. The third kappa shape index (κ3) is 4.94. The molecule has 148 valence electrons. The summed E-state index contributed by atoms with van der Waals surface area (Å²) < 4.78 is 5.35. The van der Waals surface area contributed by atoms with E-state index in [1.807, 2.05) is 32.0 Å². The minimum atomic E-state index is -0.603. The quantitative estimate of drug-likeness (QED) is 0.485. The van der Waals surface area contributed by atoms with Crippen LogP contribution in [0.2, 0.25) is 0 Å². The minimum absolute atomic E-state index is 0.0546. The molecule has 1 N–H and O–H groups in total. The highest BCUT2D eigenvalue weighted by Gasteiger charge is 2.20. The molecule has 7 heteroatoms. The SMILES string of the molecule is CC(=O)Nc1nc(COC(=O)c2ccccc2C(=O)c2cc(C)ccc2C)cs1. The molecule has 0 unspecified atom stereocenters. The minimum Gasteiger partial charge on any atom is -0.456 e. The number of nitrogens with one attached hydrogen (secondary N) is 1. The van der Waals surface area contributed by atoms with Crippen LogP contribution in [0.15, 0.2) is 47.8 Å². The Hall–Kier alpha value is -3.32. The maximum Gasteiger partial charge on any atom is 0.339 e. The van der Waals surface area contributed by atoms with Gasteiger partial charge in [-0.25, -0.2) is 9.78 Å². The summed E-state index contributed by atoms with van der Waals surface area (Å²) in [5.74, 6) is -1.05. The lowest BCUT2D eigenvalue weighted by Gasteiger charge is -2.10. The van der Waals surface area contributed by atoms with Crippen molar-refractivity contribution in [3.8, 4) is 0 Å². The topological polar surface area (TPSA) is 85.4 Å². The number of amides is 1. The van der Waals surface area contributed by atoms with E-state index in [0.29, 0.717) is 22.0 Å². The van der Waals surface area contributed by atoms with E-state index in [1.165, 1.54) is 18.3 Å². The van der Waals surface area contributed by atoms with E-state index < -0.39 is 5.97 Å². The molecule has 3 aromatic rings. The molecule has 2 aromatic carbocycles. The molecule has 0 fully saturated rings. The molecule has 0 atom stereocenters. The summed E-state index contributed by atoms with van der Waals surface area (Å²) in [6.07, 6.45) is 0. The number of ether oxygens (including phenoxy) is 1. The van der Waals surface area contributed by atoms with Crippen LogP contribution in [0.4, 0.5) is 5.13 Å². The highest BCUT2D eigenvalue weighted by atomic mass is 32.1. The highest BCUT2D eigenvalue weighted by molar-refractivity contribution is 7.13. The lowest BCUT2D eigenvalue weighted by molar-refractivity contribution is -0.114. The van der Waals surface area contributed by atoms with Crippen molar-refractivity contribution in [3.05, 3.63) is 81.4 Å². The molecule has 0 saturated heterocycles. The first-order valence-electron chi connectivity index (χ1n) is 8.95. The van der Waals surface area contributed by atoms with Gasteiger partial charge < -0.3 is 10.1 Å². The van der Waals surface area contributed by atoms with Crippen LogP contribution in [0.5, 0.6) is 0 Å². The Labute approximate surface area is 172 Å². The van der Waals surface area contributed by atoms with Crippen molar-refractivity contribution in [1.82, 2.24) is 4.98 Å². The second kappa shape index (κ2) is 8.79. The Morgan fingerprint density at radius 3 is 2.48 bits per heavy atom. The van der Waals surface area contributed by atoms with Crippen LogP contribution in [0.25, 0.3) is 0 Å². The molecule has 3 rings (SSSR count). The van der Waals surface area contributed by atoms with Crippen LogP contribution in [0.3, 0.4) is 0 Å². The van der Waals surface area contributed by atoms with Gasteiger partial charge in [0.05, 0.1) is 11.3 Å². The van der Waals surface area contributed by atoms with Gasteiger partial charge in [-0.15, -0.1) is 11.3 Å². The highest BCUT2D eigenvalue weighted by Crippen LogP contribution is 2.21. The van der Waals surface area contributed by atoms with Crippen LogP contribution in [0, 0.1) is 13.8 Å². The van der Waals surface area contributed by atoms with Crippen molar-refractivity contribution >= 4 is 34.1 Å². The van der Waals surface area contributed by atoms with Gasteiger partial charge in [-0.2, -0.15) is 0 Å². The predicted octanol–water partition coefficient (Wildman–Crippen LogP) is 4.31. The third-order valence-corrected chi connectivity index (χ3v) is 5.02. The Balaban J connectivity index is 1.78.